The van der Waals surface area contributed by atoms with Crippen LogP contribution in [0.2, 0.25) is 0 Å². The summed E-state index contributed by atoms with van der Waals surface area (Å²) in [7, 11) is 0. The van der Waals surface area contributed by atoms with Crippen molar-refractivity contribution in [2.24, 2.45) is 0 Å². The highest BCUT2D eigenvalue weighted by atomic mass is 16.5. The molecule has 0 fully saturated rings. The van der Waals surface area contributed by atoms with Gasteiger partial charge >= 0.3 is 0 Å². The van der Waals surface area contributed by atoms with Crippen LogP contribution in [0.5, 0.6) is 5.75 Å². The number of aromatic nitrogens is 1. The van der Waals surface area contributed by atoms with E-state index >= 15 is 0 Å². The molecule has 0 saturated carbocycles. The predicted octanol–water partition coefficient (Wildman–Crippen LogP) is 6.73. The van der Waals surface area contributed by atoms with E-state index in [0.717, 1.165) is 33.6 Å². The van der Waals surface area contributed by atoms with E-state index in [2.05, 4.69) is 4.98 Å². The average Bonchev–Trinajstić information content (AvgIpc) is 3.29. The maximum atomic E-state index is 13.7. The number of para-hydroxylation sites is 2. The molecular formula is C28H22N2O2. The lowest BCUT2D eigenvalue weighted by molar-refractivity contribution is 0.100. The largest absolute Gasteiger partial charge is 0.489 e. The molecule has 0 aliphatic carbocycles. The number of H-pyrrole nitrogens is 1. The van der Waals surface area contributed by atoms with Crippen molar-refractivity contribution in [3.05, 3.63) is 127 Å². The van der Waals surface area contributed by atoms with Gasteiger partial charge in [0.1, 0.15) is 12.4 Å². The molecule has 0 spiro atoms. The van der Waals surface area contributed by atoms with Gasteiger partial charge in [0.05, 0.1) is 5.56 Å². The van der Waals surface area contributed by atoms with Crippen LogP contribution in [0.1, 0.15) is 15.9 Å². The molecule has 5 rings (SSSR count). The highest BCUT2D eigenvalue weighted by Gasteiger charge is 2.22. The Morgan fingerprint density at radius 2 is 1.34 bits per heavy atom. The zero-order valence-electron chi connectivity index (χ0n) is 17.4. The van der Waals surface area contributed by atoms with Crippen LogP contribution < -0.4 is 9.64 Å². The highest BCUT2D eigenvalue weighted by molar-refractivity contribution is 6.17. The summed E-state index contributed by atoms with van der Waals surface area (Å²) in [5.74, 6) is 0.664. The first-order valence-electron chi connectivity index (χ1n) is 10.5. The van der Waals surface area contributed by atoms with Gasteiger partial charge in [-0.15, -0.1) is 0 Å². The summed E-state index contributed by atoms with van der Waals surface area (Å²) in [5.41, 5.74) is 4.26. The van der Waals surface area contributed by atoms with Crippen molar-refractivity contribution in [1.82, 2.24) is 4.98 Å². The van der Waals surface area contributed by atoms with Crippen LogP contribution in [0.15, 0.2) is 115 Å². The second kappa shape index (κ2) is 8.82. The van der Waals surface area contributed by atoms with Crippen molar-refractivity contribution in [2.75, 3.05) is 4.90 Å². The molecular weight excluding hydrogens is 396 g/mol. The van der Waals surface area contributed by atoms with Gasteiger partial charge in [0.25, 0.3) is 5.91 Å². The normalized spacial score (nSPS) is 10.8. The molecule has 4 aromatic carbocycles. The van der Waals surface area contributed by atoms with E-state index < -0.39 is 0 Å². The number of ether oxygens (including phenoxy) is 1. The number of carbonyl (C=O) groups is 1. The number of aromatic amines is 1. The molecule has 156 valence electrons. The monoisotopic (exact) mass is 418 g/mol. The number of carbonyl (C=O) groups excluding carboxylic acids is 1. The number of benzene rings is 4. The van der Waals surface area contributed by atoms with Crippen molar-refractivity contribution in [1.29, 1.82) is 0 Å². The number of rotatable bonds is 6. The number of fused-ring (bicyclic) bond motifs is 1. The second-order valence-electron chi connectivity index (χ2n) is 7.49. The predicted molar refractivity (Wildman–Crippen MR) is 128 cm³/mol. The first-order valence-corrected chi connectivity index (χ1v) is 10.5. The second-order valence-corrected chi connectivity index (χ2v) is 7.49. The number of hydrogen-bond acceptors (Lipinski definition) is 2. The summed E-state index contributed by atoms with van der Waals surface area (Å²) in [6, 6.07) is 35.2. The van der Waals surface area contributed by atoms with Crippen molar-refractivity contribution in [2.45, 2.75) is 6.61 Å². The van der Waals surface area contributed by atoms with E-state index in [-0.39, 0.29) is 5.91 Å². The summed E-state index contributed by atoms with van der Waals surface area (Å²) >= 11 is 0. The lowest BCUT2D eigenvalue weighted by Crippen LogP contribution is -2.25. The molecule has 1 amide bonds. The van der Waals surface area contributed by atoms with Crippen LogP contribution in [0, 0.1) is 0 Å². The zero-order valence-corrected chi connectivity index (χ0v) is 17.4. The standard InChI is InChI=1S/C28H22N2O2/c31-28(26-19-29-27-14-8-7-13-25(26)27)30(22-11-5-2-6-12-22)23-15-17-24(18-16-23)32-20-21-9-3-1-4-10-21/h1-19,29H,20H2. The van der Waals surface area contributed by atoms with Gasteiger partial charge in [-0.2, -0.15) is 0 Å². The molecule has 0 aliphatic heterocycles. The Morgan fingerprint density at radius 3 is 2.09 bits per heavy atom. The van der Waals surface area contributed by atoms with Gasteiger partial charge in [0.15, 0.2) is 0 Å². The number of anilines is 2. The molecule has 1 aromatic heterocycles. The Morgan fingerprint density at radius 1 is 0.719 bits per heavy atom. The van der Waals surface area contributed by atoms with Crippen molar-refractivity contribution in [3.8, 4) is 5.75 Å². The molecule has 4 heteroatoms. The summed E-state index contributed by atoms with van der Waals surface area (Å²) in [4.78, 5) is 18.6. The van der Waals surface area contributed by atoms with Crippen molar-refractivity contribution < 1.29 is 9.53 Å². The maximum absolute atomic E-state index is 13.7. The molecule has 4 nitrogen and oxygen atoms in total. The number of amides is 1. The Hall–Kier alpha value is -4.31. The first kappa shape index (κ1) is 19.6. The van der Waals surface area contributed by atoms with E-state index in [1.54, 1.807) is 11.1 Å². The third-order valence-corrected chi connectivity index (χ3v) is 5.38. The topological polar surface area (TPSA) is 45.3 Å². The fourth-order valence-corrected chi connectivity index (χ4v) is 3.76. The van der Waals surface area contributed by atoms with Gasteiger partial charge in [0.2, 0.25) is 0 Å². The molecule has 0 aliphatic rings. The van der Waals surface area contributed by atoms with Crippen LogP contribution in [0.25, 0.3) is 10.9 Å². The Bertz CT molecular complexity index is 1330. The quantitative estimate of drug-likeness (QED) is 0.332. The minimum Gasteiger partial charge on any atom is -0.489 e. The maximum Gasteiger partial charge on any atom is 0.264 e. The number of nitrogens with zero attached hydrogens (tertiary/aromatic N) is 1. The molecule has 0 saturated heterocycles. The SMILES string of the molecule is O=C(c1c[nH]c2ccccc12)N(c1ccccc1)c1ccc(OCc2ccccc2)cc1. The van der Waals surface area contributed by atoms with Gasteiger partial charge in [-0.3, -0.25) is 9.69 Å². The minimum absolute atomic E-state index is 0.0911. The number of hydrogen-bond donors (Lipinski definition) is 1. The zero-order chi connectivity index (χ0) is 21.8. The van der Waals surface area contributed by atoms with Gasteiger partial charge in [-0.1, -0.05) is 66.7 Å². The smallest absolute Gasteiger partial charge is 0.264 e. The van der Waals surface area contributed by atoms with Crippen molar-refractivity contribution >= 4 is 28.2 Å². The van der Waals surface area contributed by atoms with Crippen LogP contribution >= 0.6 is 0 Å². The summed E-state index contributed by atoms with van der Waals surface area (Å²) in [6.45, 7) is 0.497. The minimum atomic E-state index is -0.0911. The molecule has 0 radical (unpaired) electrons. The highest BCUT2D eigenvalue weighted by Crippen LogP contribution is 2.31. The third-order valence-electron chi connectivity index (χ3n) is 5.38. The fraction of sp³-hybridized carbons (Fsp3) is 0.0357. The third kappa shape index (κ3) is 3.98. The molecule has 32 heavy (non-hydrogen) atoms. The molecule has 0 bridgehead atoms. The lowest BCUT2D eigenvalue weighted by Gasteiger charge is -2.23. The van der Waals surface area contributed by atoms with Gasteiger partial charge in [0, 0.05) is 28.5 Å². The fourth-order valence-electron chi connectivity index (χ4n) is 3.76. The van der Waals surface area contributed by atoms with Gasteiger partial charge in [-0.25, -0.2) is 0 Å². The first-order chi connectivity index (χ1) is 15.8. The molecule has 0 atom stereocenters. The Labute approximate surface area is 186 Å². The summed E-state index contributed by atoms with van der Waals surface area (Å²) < 4.78 is 5.91. The van der Waals surface area contributed by atoms with Crippen molar-refractivity contribution in [3.63, 3.8) is 0 Å². The Balaban J connectivity index is 1.45. The summed E-state index contributed by atoms with van der Waals surface area (Å²) in [6.07, 6.45) is 1.78. The van der Waals surface area contributed by atoms with E-state index in [1.165, 1.54) is 0 Å². The molecule has 5 aromatic rings. The Kier molecular flexibility index (Phi) is 5.41. The van der Waals surface area contributed by atoms with E-state index in [1.807, 2.05) is 109 Å². The average molecular weight is 418 g/mol. The molecule has 0 unspecified atom stereocenters. The van der Waals surface area contributed by atoms with E-state index in [4.69, 9.17) is 4.74 Å². The van der Waals surface area contributed by atoms with Gasteiger partial charge < -0.3 is 9.72 Å². The van der Waals surface area contributed by atoms with Gasteiger partial charge in [-0.05, 0) is 48.0 Å². The van der Waals surface area contributed by atoms with Crippen LogP contribution in [-0.2, 0) is 6.61 Å². The van der Waals surface area contributed by atoms with Crippen LogP contribution in [0.3, 0.4) is 0 Å². The van der Waals surface area contributed by atoms with Crippen LogP contribution in [0.4, 0.5) is 11.4 Å². The summed E-state index contributed by atoms with van der Waals surface area (Å²) in [5, 5.41) is 0.904. The molecule has 1 heterocycles. The lowest BCUT2D eigenvalue weighted by atomic mass is 10.1. The van der Waals surface area contributed by atoms with E-state index in [0.29, 0.717) is 12.2 Å². The van der Waals surface area contributed by atoms with Crippen LogP contribution in [-0.4, -0.2) is 10.9 Å². The number of nitrogens with one attached hydrogen (secondary N) is 1. The van der Waals surface area contributed by atoms with E-state index in [9.17, 15) is 4.79 Å². The molecule has 1 N–H and O–H groups in total.